The maximum absolute atomic E-state index is 12.8. The molecule has 0 aromatic heterocycles. The van der Waals surface area contributed by atoms with Crippen LogP contribution in [-0.2, 0) is 19.1 Å². The second-order valence-corrected chi connectivity index (χ2v) is 16.0. The third-order valence-corrected chi connectivity index (χ3v) is 14.1. The molecule has 2 amide bonds. The van der Waals surface area contributed by atoms with E-state index >= 15 is 0 Å². The molecule has 3 heterocycles. The Morgan fingerprint density at radius 1 is 0.927 bits per heavy atom. The van der Waals surface area contributed by atoms with Gasteiger partial charge in [-0.1, -0.05) is 27.7 Å². The number of fused-ring (bicyclic) bond motifs is 7. The highest BCUT2D eigenvalue weighted by atomic mass is 16.7. The first-order chi connectivity index (χ1) is 19.6. The summed E-state index contributed by atoms with van der Waals surface area (Å²) in [5.41, 5.74) is 0.739. The van der Waals surface area contributed by atoms with Crippen LogP contribution in [0.3, 0.4) is 0 Å². The number of carbonyl (C=O) groups excluding carboxylic acids is 2. The third kappa shape index (κ3) is 4.61. The topological polar surface area (TPSA) is 79.9 Å². The van der Waals surface area contributed by atoms with E-state index < -0.39 is 0 Å². The van der Waals surface area contributed by atoms with Crippen LogP contribution in [0.15, 0.2) is 0 Å². The Bertz CT molecular complexity index is 1020. The van der Waals surface area contributed by atoms with Crippen molar-refractivity contribution in [3.8, 4) is 0 Å². The Hall–Kier alpha value is -1.18. The Kier molecular flexibility index (Phi) is 7.30. The number of carbonyl (C=O) groups is 2. The molecule has 7 rings (SSSR count). The highest BCUT2D eigenvalue weighted by Gasteiger charge is 2.69. The lowest BCUT2D eigenvalue weighted by molar-refractivity contribution is -0.273. The second-order valence-electron chi connectivity index (χ2n) is 16.0. The average Bonchev–Trinajstić information content (AvgIpc) is 3.40. The first-order valence-corrected chi connectivity index (χ1v) is 17.2. The zero-order valence-corrected chi connectivity index (χ0v) is 26.1. The number of amides is 2. The van der Waals surface area contributed by atoms with Gasteiger partial charge in [-0.05, 0) is 104 Å². The molecule has 3 saturated heterocycles. The summed E-state index contributed by atoms with van der Waals surface area (Å²) in [4.78, 5) is 27.3. The molecule has 230 valence electrons. The fraction of sp³-hybridized carbons (Fsp3) is 0.941. The van der Waals surface area contributed by atoms with Crippen molar-refractivity contribution in [1.82, 2.24) is 15.5 Å². The Morgan fingerprint density at radius 3 is 2.46 bits per heavy atom. The van der Waals surface area contributed by atoms with Gasteiger partial charge in [-0.2, -0.15) is 0 Å². The summed E-state index contributed by atoms with van der Waals surface area (Å²) in [6.45, 7) is 13.9. The molecule has 7 aliphatic rings. The minimum atomic E-state index is -0.325. The third-order valence-electron chi connectivity index (χ3n) is 14.1. The first kappa shape index (κ1) is 28.6. The summed E-state index contributed by atoms with van der Waals surface area (Å²) in [6, 6.07) is 0.219. The van der Waals surface area contributed by atoms with Gasteiger partial charge in [0.1, 0.15) is 6.42 Å². The van der Waals surface area contributed by atoms with E-state index in [2.05, 4.69) is 38.3 Å². The molecular weight excluding hydrogens is 514 g/mol. The van der Waals surface area contributed by atoms with Crippen molar-refractivity contribution in [2.24, 2.45) is 52.3 Å². The zero-order chi connectivity index (χ0) is 28.6. The summed E-state index contributed by atoms with van der Waals surface area (Å²) in [6.07, 6.45) is 12.5. The van der Waals surface area contributed by atoms with Crippen molar-refractivity contribution in [2.75, 3.05) is 32.8 Å². The number of hydrogen-bond donors (Lipinski definition) is 2. The number of hydrogen-bond acceptors (Lipinski definition) is 5. The Labute approximate surface area is 247 Å². The molecule has 0 aromatic carbocycles. The fourth-order valence-electron chi connectivity index (χ4n) is 11.8. The predicted molar refractivity (Wildman–Crippen MR) is 158 cm³/mol. The van der Waals surface area contributed by atoms with Crippen molar-refractivity contribution < 1.29 is 19.1 Å². The summed E-state index contributed by atoms with van der Waals surface area (Å²) in [7, 11) is 0. The molecule has 3 aliphatic heterocycles. The van der Waals surface area contributed by atoms with E-state index in [0.29, 0.717) is 53.7 Å². The van der Waals surface area contributed by atoms with Crippen LogP contribution in [0, 0.1) is 52.3 Å². The first-order valence-electron chi connectivity index (χ1n) is 17.2. The van der Waals surface area contributed by atoms with E-state index in [9.17, 15) is 9.59 Å². The van der Waals surface area contributed by atoms with Gasteiger partial charge < -0.3 is 25.0 Å². The van der Waals surface area contributed by atoms with Gasteiger partial charge in [0, 0.05) is 44.6 Å². The van der Waals surface area contributed by atoms with E-state index in [1.54, 1.807) is 0 Å². The van der Waals surface area contributed by atoms with E-state index in [4.69, 9.17) is 9.47 Å². The van der Waals surface area contributed by atoms with Crippen LogP contribution in [0.1, 0.15) is 98.3 Å². The van der Waals surface area contributed by atoms with Crippen LogP contribution in [0.4, 0.5) is 0 Å². The molecule has 0 aromatic rings. The smallest absolute Gasteiger partial charge is 0.232 e. The molecule has 7 nitrogen and oxygen atoms in total. The molecule has 12 atom stereocenters. The van der Waals surface area contributed by atoms with Crippen molar-refractivity contribution in [1.29, 1.82) is 0 Å². The van der Waals surface area contributed by atoms with Crippen molar-refractivity contribution >= 4 is 11.8 Å². The van der Waals surface area contributed by atoms with E-state index in [-0.39, 0.29) is 30.1 Å². The Balaban J connectivity index is 0.984. The zero-order valence-electron chi connectivity index (χ0n) is 26.1. The number of nitrogens with zero attached hydrogens (tertiary/aromatic N) is 1. The lowest BCUT2D eigenvalue weighted by Gasteiger charge is -2.61. The Morgan fingerprint density at radius 2 is 1.71 bits per heavy atom. The predicted octanol–water partition coefficient (Wildman–Crippen LogP) is 4.74. The lowest BCUT2D eigenvalue weighted by Crippen LogP contribution is -2.56. The van der Waals surface area contributed by atoms with Gasteiger partial charge in [0.25, 0.3) is 0 Å². The molecule has 7 fully saturated rings. The van der Waals surface area contributed by atoms with Crippen molar-refractivity contribution in [3.05, 3.63) is 0 Å². The van der Waals surface area contributed by atoms with Gasteiger partial charge in [-0.25, -0.2) is 0 Å². The lowest BCUT2D eigenvalue weighted by atomic mass is 9.44. The van der Waals surface area contributed by atoms with Crippen LogP contribution in [0.25, 0.3) is 0 Å². The largest absolute Gasteiger partial charge is 0.353 e. The molecule has 7 heteroatoms. The number of nitrogens with one attached hydrogen (secondary N) is 2. The van der Waals surface area contributed by atoms with Crippen molar-refractivity contribution in [2.45, 2.75) is 116 Å². The molecule has 1 unspecified atom stereocenters. The summed E-state index contributed by atoms with van der Waals surface area (Å²) >= 11 is 0. The monoisotopic (exact) mass is 569 g/mol. The molecule has 4 saturated carbocycles. The summed E-state index contributed by atoms with van der Waals surface area (Å²) < 4.78 is 13.5. The van der Waals surface area contributed by atoms with Gasteiger partial charge in [0.05, 0.1) is 12.7 Å². The van der Waals surface area contributed by atoms with Crippen LogP contribution in [-0.4, -0.2) is 67.4 Å². The normalized spacial score (nSPS) is 50.9. The van der Waals surface area contributed by atoms with Gasteiger partial charge >= 0.3 is 0 Å². The summed E-state index contributed by atoms with van der Waals surface area (Å²) in [5, 5.41) is 6.56. The maximum Gasteiger partial charge on any atom is 0.232 e. The fourth-order valence-corrected chi connectivity index (χ4v) is 11.8. The second kappa shape index (κ2) is 10.5. The number of rotatable bonds is 3. The standard InChI is InChI=1S/C34H55N3O4/c1-21-7-12-34(40-20-21)22(2)31-28(41-34)18-27-25-6-5-23-17-24(8-10-32(23,3)26(25)9-11-33(27,31)4)36-29(38)19-30(39)37-15-13-35-14-16-37/h21-28,31,35H,5-20H2,1-4H3,(H,36,38)/t21-,22-,23+,24?,25+,26-,27-,28-,31-,32-,33-,34+/m0/s1. The number of piperazine rings is 1. The number of ether oxygens (including phenoxy) is 2. The molecule has 0 radical (unpaired) electrons. The summed E-state index contributed by atoms with van der Waals surface area (Å²) in [5.74, 6) is 4.37. The molecule has 4 aliphatic carbocycles. The van der Waals surface area contributed by atoms with E-state index in [0.717, 1.165) is 56.7 Å². The highest BCUT2D eigenvalue weighted by Crippen LogP contribution is 2.71. The molecular formula is C34H55N3O4. The van der Waals surface area contributed by atoms with Crippen LogP contribution >= 0.6 is 0 Å². The van der Waals surface area contributed by atoms with Gasteiger partial charge in [0.2, 0.25) is 11.8 Å². The average molecular weight is 570 g/mol. The minimum Gasteiger partial charge on any atom is -0.353 e. The molecule has 0 bridgehead atoms. The van der Waals surface area contributed by atoms with Crippen LogP contribution in [0.2, 0.25) is 0 Å². The SMILES string of the molecule is C[C@H]1CC[C@@]2(OC1)O[C@H]1C[C@H]3[C@@H]4CC[C@@H]5CC(NC(=O)CC(=O)N6CCNCC6)CC[C@]5(C)[C@H]4CC[C@]3(C)[C@H]1[C@@H]2C. The minimum absolute atomic E-state index is 0.00241. The van der Waals surface area contributed by atoms with E-state index in [1.807, 2.05) is 4.90 Å². The molecule has 1 spiro atoms. The van der Waals surface area contributed by atoms with Crippen LogP contribution < -0.4 is 10.6 Å². The highest BCUT2D eigenvalue weighted by molar-refractivity contribution is 5.97. The van der Waals surface area contributed by atoms with Gasteiger partial charge in [0.15, 0.2) is 5.79 Å². The van der Waals surface area contributed by atoms with E-state index in [1.165, 1.54) is 44.9 Å². The molecule has 2 N–H and O–H groups in total. The maximum atomic E-state index is 12.8. The van der Waals surface area contributed by atoms with Gasteiger partial charge in [-0.15, -0.1) is 0 Å². The molecule has 41 heavy (non-hydrogen) atoms. The van der Waals surface area contributed by atoms with Gasteiger partial charge in [-0.3, -0.25) is 9.59 Å². The van der Waals surface area contributed by atoms with Crippen molar-refractivity contribution in [3.63, 3.8) is 0 Å². The van der Waals surface area contributed by atoms with Crippen LogP contribution in [0.5, 0.6) is 0 Å². The quantitative estimate of drug-likeness (QED) is 0.480.